The van der Waals surface area contributed by atoms with Crippen LogP contribution in [0.4, 0.5) is 0 Å². The number of hydrogen-bond acceptors (Lipinski definition) is 7. The molecular formula is C14H22N6O2S. The Morgan fingerprint density at radius 1 is 1.13 bits per heavy atom. The lowest BCUT2D eigenvalue weighted by molar-refractivity contribution is 0.0524. The van der Waals surface area contributed by atoms with Gasteiger partial charge in [-0.05, 0) is 37.5 Å². The first-order chi connectivity index (χ1) is 11.0. The van der Waals surface area contributed by atoms with Gasteiger partial charge in [0.1, 0.15) is 5.82 Å². The number of piperidine rings is 1. The molecule has 3 rings (SSSR count). The molecule has 0 aromatic heterocycles. The van der Waals surface area contributed by atoms with Crippen LogP contribution in [0.15, 0.2) is 47.1 Å². The second kappa shape index (κ2) is 6.85. The largest absolute Gasteiger partial charge is 0.358 e. The van der Waals surface area contributed by atoms with E-state index in [-0.39, 0.29) is 4.90 Å². The third-order valence-electron chi connectivity index (χ3n) is 3.80. The summed E-state index contributed by atoms with van der Waals surface area (Å²) in [5.41, 5.74) is 11.8. The van der Waals surface area contributed by atoms with E-state index in [1.807, 2.05) is 6.08 Å². The van der Waals surface area contributed by atoms with Crippen molar-refractivity contribution in [2.24, 2.45) is 5.73 Å². The number of nitrogens with zero attached hydrogens (tertiary/aromatic N) is 2. The maximum atomic E-state index is 12.4. The fourth-order valence-electron chi connectivity index (χ4n) is 2.67. The number of sulfonamides is 1. The van der Waals surface area contributed by atoms with E-state index in [9.17, 15) is 8.42 Å². The topological polar surface area (TPSA) is 103 Å². The fraction of sp³-hybridized carbons (Fsp3) is 0.429. The average Bonchev–Trinajstić information content (AvgIpc) is 2.55. The van der Waals surface area contributed by atoms with Gasteiger partial charge in [0.2, 0.25) is 0 Å². The van der Waals surface area contributed by atoms with Crippen LogP contribution in [0.2, 0.25) is 0 Å². The van der Waals surface area contributed by atoms with Crippen LogP contribution in [0.1, 0.15) is 19.3 Å². The molecule has 2 aliphatic rings. The van der Waals surface area contributed by atoms with Crippen LogP contribution >= 0.6 is 0 Å². The van der Waals surface area contributed by atoms with Gasteiger partial charge in [0.15, 0.2) is 0 Å². The second-order valence-electron chi connectivity index (χ2n) is 5.61. The summed E-state index contributed by atoms with van der Waals surface area (Å²) in [4.78, 5) is 4.81. The third-order valence-corrected chi connectivity index (χ3v) is 5.12. The highest BCUT2D eigenvalue weighted by Gasteiger charge is 2.25. The minimum Gasteiger partial charge on any atom is -0.358 e. The Labute approximate surface area is 136 Å². The van der Waals surface area contributed by atoms with E-state index in [1.54, 1.807) is 18.2 Å². The molecule has 1 saturated heterocycles. The highest BCUT2D eigenvalue weighted by molar-refractivity contribution is 7.89. The molecule has 1 unspecified atom stereocenters. The Kier molecular flexibility index (Phi) is 4.83. The lowest BCUT2D eigenvalue weighted by Crippen LogP contribution is -2.66. The van der Waals surface area contributed by atoms with E-state index in [2.05, 4.69) is 20.6 Å². The number of nitrogens with one attached hydrogen (secondary N) is 3. The van der Waals surface area contributed by atoms with Gasteiger partial charge in [0, 0.05) is 13.1 Å². The fourth-order valence-corrected chi connectivity index (χ4v) is 3.63. The zero-order chi connectivity index (χ0) is 16.3. The Hall–Kier alpha value is -1.65. The van der Waals surface area contributed by atoms with Gasteiger partial charge in [-0.15, -0.1) is 4.83 Å². The lowest BCUT2D eigenvalue weighted by atomic mass is 10.1. The molecule has 1 fully saturated rings. The highest BCUT2D eigenvalue weighted by Crippen LogP contribution is 2.15. The maximum absolute atomic E-state index is 12.4. The SMILES string of the molecule is NC1C=C(N2CCCCC2)NN(NS(=O)(=O)c2ccccc2)N1. The van der Waals surface area contributed by atoms with Gasteiger partial charge in [-0.3, -0.25) is 5.43 Å². The number of nitrogens with two attached hydrogens (primary N) is 1. The summed E-state index contributed by atoms with van der Waals surface area (Å²) >= 11 is 0. The summed E-state index contributed by atoms with van der Waals surface area (Å²) < 4.78 is 24.8. The van der Waals surface area contributed by atoms with E-state index in [0.717, 1.165) is 31.8 Å². The summed E-state index contributed by atoms with van der Waals surface area (Å²) in [7, 11) is -3.69. The van der Waals surface area contributed by atoms with E-state index in [0.29, 0.717) is 0 Å². The number of likely N-dealkylation sites (tertiary alicyclic amines) is 1. The highest BCUT2D eigenvalue weighted by atomic mass is 32.2. The van der Waals surface area contributed by atoms with Crippen molar-refractivity contribution >= 4 is 10.0 Å². The zero-order valence-electron chi connectivity index (χ0n) is 12.8. The number of benzene rings is 1. The summed E-state index contributed by atoms with van der Waals surface area (Å²) in [6.45, 7) is 1.87. The molecule has 1 aromatic carbocycles. The van der Waals surface area contributed by atoms with Gasteiger partial charge in [-0.25, -0.2) is 13.8 Å². The van der Waals surface area contributed by atoms with Gasteiger partial charge in [0.05, 0.1) is 11.1 Å². The van der Waals surface area contributed by atoms with E-state index >= 15 is 0 Å². The first-order valence-corrected chi connectivity index (χ1v) is 9.16. The molecule has 0 spiro atoms. The molecule has 0 aliphatic carbocycles. The van der Waals surface area contributed by atoms with Crippen molar-refractivity contribution in [2.45, 2.75) is 30.3 Å². The molecule has 0 amide bonds. The van der Waals surface area contributed by atoms with Crippen molar-refractivity contribution in [1.82, 2.24) is 25.8 Å². The molecule has 126 valence electrons. The Morgan fingerprint density at radius 2 is 1.83 bits per heavy atom. The van der Waals surface area contributed by atoms with Crippen LogP contribution in [-0.4, -0.2) is 37.8 Å². The molecule has 1 atom stereocenters. The Bertz CT molecular complexity index is 657. The normalized spacial score (nSPS) is 23.3. The predicted molar refractivity (Wildman–Crippen MR) is 86.4 cm³/mol. The molecule has 2 heterocycles. The van der Waals surface area contributed by atoms with Gasteiger partial charge < -0.3 is 10.6 Å². The Morgan fingerprint density at radius 3 is 2.52 bits per heavy atom. The van der Waals surface area contributed by atoms with E-state index in [1.165, 1.54) is 23.8 Å². The average molecular weight is 338 g/mol. The van der Waals surface area contributed by atoms with Crippen LogP contribution in [0.3, 0.4) is 0 Å². The van der Waals surface area contributed by atoms with Crippen molar-refractivity contribution in [1.29, 1.82) is 0 Å². The molecule has 0 saturated carbocycles. The molecule has 1 aromatic rings. The lowest BCUT2D eigenvalue weighted by Gasteiger charge is -2.38. The quantitative estimate of drug-likeness (QED) is 0.604. The first kappa shape index (κ1) is 16.2. The molecular weight excluding hydrogens is 316 g/mol. The smallest absolute Gasteiger partial charge is 0.256 e. The monoisotopic (exact) mass is 338 g/mol. The van der Waals surface area contributed by atoms with Crippen molar-refractivity contribution in [2.75, 3.05) is 13.1 Å². The van der Waals surface area contributed by atoms with Crippen molar-refractivity contribution < 1.29 is 8.42 Å². The van der Waals surface area contributed by atoms with Gasteiger partial charge in [-0.2, -0.15) is 0 Å². The van der Waals surface area contributed by atoms with E-state index in [4.69, 9.17) is 5.73 Å². The second-order valence-corrected chi connectivity index (χ2v) is 7.27. The van der Waals surface area contributed by atoms with Crippen LogP contribution in [0.25, 0.3) is 0 Å². The van der Waals surface area contributed by atoms with Gasteiger partial charge in [0.25, 0.3) is 10.0 Å². The minimum absolute atomic E-state index is 0.186. The summed E-state index contributed by atoms with van der Waals surface area (Å²) in [6.07, 6.45) is 4.83. The molecule has 0 radical (unpaired) electrons. The summed E-state index contributed by atoms with van der Waals surface area (Å²) in [5, 5.41) is 1.21. The van der Waals surface area contributed by atoms with Gasteiger partial charge >= 0.3 is 0 Å². The third kappa shape index (κ3) is 4.01. The number of hydrogen-bond donors (Lipinski definition) is 4. The zero-order valence-corrected chi connectivity index (χ0v) is 13.6. The van der Waals surface area contributed by atoms with Crippen LogP contribution in [0, 0.1) is 0 Å². The van der Waals surface area contributed by atoms with Crippen molar-refractivity contribution in [3.63, 3.8) is 0 Å². The van der Waals surface area contributed by atoms with E-state index < -0.39 is 16.2 Å². The summed E-state index contributed by atoms with van der Waals surface area (Å²) in [5.74, 6) is 0.812. The standard InChI is InChI=1S/C14H22N6O2S/c15-13-11-14(19-9-5-2-6-10-19)17-20(16-13)18-23(21,22)12-7-3-1-4-8-12/h1,3-4,7-8,11,13,16-18H,2,5-6,9-10,15H2. The van der Waals surface area contributed by atoms with Crippen molar-refractivity contribution in [3.05, 3.63) is 42.2 Å². The molecule has 2 aliphatic heterocycles. The molecule has 23 heavy (non-hydrogen) atoms. The summed E-state index contributed by atoms with van der Waals surface area (Å²) in [6, 6.07) is 8.19. The number of rotatable bonds is 4. The molecule has 0 bridgehead atoms. The van der Waals surface area contributed by atoms with Crippen molar-refractivity contribution in [3.8, 4) is 0 Å². The maximum Gasteiger partial charge on any atom is 0.256 e. The van der Waals surface area contributed by atoms with Crippen LogP contribution in [-0.2, 0) is 10.0 Å². The number of hydrazine groups is 3. The van der Waals surface area contributed by atoms with Crippen LogP contribution in [0.5, 0.6) is 0 Å². The molecule has 9 heteroatoms. The predicted octanol–water partition coefficient (Wildman–Crippen LogP) is -0.183. The molecule has 8 nitrogen and oxygen atoms in total. The van der Waals surface area contributed by atoms with Gasteiger partial charge in [-0.1, -0.05) is 23.4 Å². The molecule has 5 N–H and O–H groups in total. The Balaban J connectivity index is 1.70. The van der Waals surface area contributed by atoms with Crippen LogP contribution < -0.4 is 21.4 Å². The minimum atomic E-state index is -3.69. The first-order valence-electron chi connectivity index (χ1n) is 7.67.